The van der Waals surface area contributed by atoms with Crippen LogP contribution in [0.3, 0.4) is 0 Å². The molecule has 0 saturated carbocycles. The van der Waals surface area contributed by atoms with Gasteiger partial charge in [-0.15, -0.1) is 10.2 Å². The Morgan fingerprint density at radius 1 is 0.697 bits per heavy atom. The second-order valence-electron chi connectivity index (χ2n) is 8.05. The third kappa shape index (κ3) is 4.73. The van der Waals surface area contributed by atoms with Crippen molar-refractivity contribution in [3.63, 3.8) is 0 Å². The molecule has 1 fully saturated rings. The highest BCUT2D eigenvalue weighted by molar-refractivity contribution is 7.92. The van der Waals surface area contributed by atoms with E-state index < -0.39 is 10.0 Å². The van der Waals surface area contributed by atoms with Crippen LogP contribution in [-0.4, -0.2) is 31.7 Å². The third-order valence-corrected chi connectivity index (χ3v) is 7.16. The molecule has 1 N–H and O–H groups in total. The number of nitrogens with zero attached hydrogens (tertiary/aromatic N) is 3. The molecular formula is C26H24N4O2S. The Morgan fingerprint density at radius 2 is 1.39 bits per heavy atom. The monoisotopic (exact) mass is 456 g/mol. The zero-order valence-electron chi connectivity index (χ0n) is 18.1. The summed E-state index contributed by atoms with van der Waals surface area (Å²) in [4.78, 5) is 2.44. The number of hydrogen-bond donors (Lipinski definition) is 1. The van der Waals surface area contributed by atoms with Crippen LogP contribution in [-0.2, 0) is 10.0 Å². The average Bonchev–Trinajstić information content (AvgIpc) is 3.40. The zero-order valence-corrected chi connectivity index (χ0v) is 18.9. The van der Waals surface area contributed by atoms with Crippen LogP contribution in [0.4, 0.5) is 11.5 Å². The summed E-state index contributed by atoms with van der Waals surface area (Å²) in [6.45, 7) is 2.02. The van der Waals surface area contributed by atoms with Gasteiger partial charge in [-0.3, -0.25) is 4.72 Å². The lowest BCUT2D eigenvalue weighted by Gasteiger charge is -2.15. The van der Waals surface area contributed by atoms with E-state index in [2.05, 4.69) is 19.8 Å². The molecule has 166 valence electrons. The molecule has 5 rings (SSSR count). The second-order valence-corrected chi connectivity index (χ2v) is 9.73. The van der Waals surface area contributed by atoms with E-state index in [1.54, 1.807) is 24.3 Å². The highest BCUT2D eigenvalue weighted by Crippen LogP contribution is 2.26. The predicted octanol–water partition coefficient (Wildman–Crippen LogP) is 5.21. The molecule has 1 saturated heterocycles. The van der Waals surface area contributed by atoms with Gasteiger partial charge in [0.05, 0.1) is 10.6 Å². The van der Waals surface area contributed by atoms with E-state index in [4.69, 9.17) is 0 Å². The average molecular weight is 457 g/mol. The molecule has 1 aliphatic heterocycles. The van der Waals surface area contributed by atoms with Gasteiger partial charge >= 0.3 is 0 Å². The summed E-state index contributed by atoms with van der Waals surface area (Å²) in [6, 6.07) is 27.8. The number of rotatable bonds is 6. The van der Waals surface area contributed by atoms with Crippen LogP contribution in [0.2, 0.25) is 0 Å². The van der Waals surface area contributed by atoms with Gasteiger partial charge in [0.25, 0.3) is 10.0 Å². The minimum atomic E-state index is -3.72. The van der Waals surface area contributed by atoms with Gasteiger partial charge in [-0.25, -0.2) is 8.42 Å². The summed E-state index contributed by atoms with van der Waals surface area (Å²) in [7, 11) is -3.72. The predicted molar refractivity (Wildman–Crippen MR) is 132 cm³/mol. The maximum atomic E-state index is 12.9. The van der Waals surface area contributed by atoms with Crippen molar-refractivity contribution in [2.45, 2.75) is 17.7 Å². The van der Waals surface area contributed by atoms with E-state index in [9.17, 15) is 8.42 Å². The first kappa shape index (κ1) is 21.2. The summed E-state index contributed by atoms with van der Waals surface area (Å²) >= 11 is 0. The zero-order chi connectivity index (χ0) is 22.7. The number of benzene rings is 3. The molecule has 1 aromatic heterocycles. The van der Waals surface area contributed by atoms with Crippen LogP contribution in [0.15, 0.2) is 95.9 Å². The van der Waals surface area contributed by atoms with Gasteiger partial charge < -0.3 is 4.90 Å². The maximum absolute atomic E-state index is 12.9. The first-order valence-electron chi connectivity index (χ1n) is 11.0. The molecule has 0 amide bonds. The summed E-state index contributed by atoms with van der Waals surface area (Å²) < 4.78 is 28.6. The van der Waals surface area contributed by atoms with Crippen LogP contribution in [0, 0.1) is 0 Å². The molecule has 33 heavy (non-hydrogen) atoms. The van der Waals surface area contributed by atoms with E-state index in [1.165, 1.54) is 12.8 Å². The van der Waals surface area contributed by atoms with E-state index >= 15 is 0 Å². The number of aromatic nitrogens is 2. The second kappa shape index (κ2) is 9.03. The van der Waals surface area contributed by atoms with E-state index in [0.29, 0.717) is 11.4 Å². The molecule has 7 heteroatoms. The minimum Gasteiger partial charge on any atom is -0.355 e. The van der Waals surface area contributed by atoms with Crippen LogP contribution in [0.1, 0.15) is 12.8 Å². The third-order valence-electron chi connectivity index (χ3n) is 5.76. The first-order chi connectivity index (χ1) is 16.1. The SMILES string of the molecule is O=S(=O)(Nc1cccc(-c2ccc(N3CCCC3)nn2)c1)c1ccc(-c2ccccc2)cc1. The van der Waals surface area contributed by atoms with Crippen LogP contribution >= 0.6 is 0 Å². The van der Waals surface area contributed by atoms with Gasteiger partial charge in [-0.1, -0.05) is 54.6 Å². The Morgan fingerprint density at radius 3 is 2.09 bits per heavy atom. The normalized spacial score (nSPS) is 13.8. The van der Waals surface area contributed by atoms with Crippen LogP contribution in [0.25, 0.3) is 22.4 Å². The molecule has 0 unspecified atom stereocenters. The van der Waals surface area contributed by atoms with Crippen molar-refractivity contribution in [3.05, 3.63) is 91.0 Å². The van der Waals surface area contributed by atoms with Crippen molar-refractivity contribution in [2.75, 3.05) is 22.7 Å². The molecule has 6 nitrogen and oxygen atoms in total. The fourth-order valence-corrected chi connectivity index (χ4v) is 5.06. The topological polar surface area (TPSA) is 75.2 Å². The van der Waals surface area contributed by atoms with Crippen molar-refractivity contribution >= 4 is 21.5 Å². The lowest BCUT2D eigenvalue weighted by Crippen LogP contribution is -2.19. The quantitative estimate of drug-likeness (QED) is 0.431. The lowest BCUT2D eigenvalue weighted by molar-refractivity contribution is 0.601. The molecule has 1 aliphatic rings. The largest absolute Gasteiger partial charge is 0.355 e. The number of hydrogen-bond acceptors (Lipinski definition) is 5. The van der Waals surface area contributed by atoms with Crippen molar-refractivity contribution in [1.82, 2.24) is 10.2 Å². The van der Waals surface area contributed by atoms with E-state index in [0.717, 1.165) is 35.6 Å². The van der Waals surface area contributed by atoms with Crippen molar-refractivity contribution in [1.29, 1.82) is 0 Å². The fourth-order valence-electron chi connectivity index (χ4n) is 4.01. The van der Waals surface area contributed by atoms with Gasteiger partial charge in [0.2, 0.25) is 0 Å². The van der Waals surface area contributed by atoms with Crippen LogP contribution in [0.5, 0.6) is 0 Å². The van der Waals surface area contributed by atoms with Crippen LogP contribution < -0.4 is 9.62 Å². The molecule has 4 aromatic rings. The molecule has 0 atom stereocenters. The Labute approximate surface area is 194 Å². The fraction of sp³-hybridized carbons (Fsp3) is 0.154. The Kier molecular flexibility index (Phi) is 5.79. The first-order valence-corrected chi connectivity index (χ1v) is 12.4. The molecule has 0 bridgehead atoms. The molecule has 0 aliphatic carbocycles. The molecule has 3 aromatic carbocycles. The summed E-state index contributed by atoms with van der Waals surface area (Å²) in [5.41, 5.74) is 3.98. The summed E-state index contributed by atoms with van der Waals surface area (Å²) in [6.07, 6.45) is 2.36. The Bertz CT molecular complexity index is 1330. The van der Waals surface area contributed by atoms with Crippen molar-refractivity contribution < 1.29 is 8.42 Å². The van der Waals surface area contributed by atoms with Crippen molar-refractivity contribution in [2.24, 2.45) is 0 Å². The van der Waals surface area contributed by atoms with Gasteiger partial charge in [-0.05, 0) is 60.4 Å². The molecule has 0 spiro atoms. The molecular weight excluding hydrogens is 432 g/mol. The van der Waals surface area contributed by atoms with Gasteiger partial charge in [-0.2, -0.15) is 0 Å². The summed E-state index contributed by atoms with van der Waals surface area (Å²) in [5, 5.41) is 8.72. The van der Waals surface area contributed by atoms with Gasteiger partial charge in [0, 0.05) is 24.3 Å². The van der Waals surface area contributed by atoms with E-state index in [-0.39, 0.29) is 4.90 Å². The standard InChI is InChI=1S/C26H24N4O2S/c31-33(32,24-13-11-21(12-14-24)20-7-2-1-3-8-20)29-23-10-6-9-22(19-23)25-15-16-26(28-27-25)30-17-4-5-18-30/h1-3,6-16,19,29H,4-5,17-18H2. The van der Waals surface area contributed by atoms with Gasteiger partial charge in [0.15, 0.2) is 5.82 Å². The molecule has 0 radical (unpaired) electrons. The highest BCUT2D eigenvalue weighted by atomic mass is 32.2. The number of anilines is 2. The highest BCUT2D eigenvalue weighted by Gasteiger charge is 2.16. The Balaban J connectivity index is 1.33. The van der Waals surface area contributed by atoms with Crippen molar-refractivity contribution in [3.8, 4) is 22.4 Å². The maximum Gasteiger partial charge on any atom is 0.261 e. The lowest BCUT2D eigenvalue weighted by atomic mass is 10.1. The number of sulfonamides is 1. The van der Waals surface area contributed by atoms with Gasteiger partial charge in [0.1, 0.15) is 0 Å². The number of nitrogens with one attached hydrogen (secondary N) is 1. The smallest absolute Gasteiger partial charge is 0.261 e. The molecule has 2 heterocycles. The minimum absolute atomic E-state index is 0.211. The Hall–Kier alpha value is -3.71. The van der Waals surface area contributed by atoms with E-state index in [1.807, 2.05) is 66.7 Å². The summed E-state index contributed by atoms with van der Waals surface area (Å²) in [5.74, 6) is 0.882.